The van der Waals surface area contributed by atoms with E-state index in [1.807, 2.05) is 0 Å². The molecule has 0 saturated carbocycles. The largest absolute Gasteiger partial charge is 1.00 e. The van der Waals surface area contributed by atoms with Crippen LogP contribution in [-0.4, -0.2) is 18.3 Å². The van der Waals surface area contributed by atoms with Gasteiger partial charge in [0, 0.05) is 0 Å². The zero-order valence-corrected chi connectivity index (χ0v) is 6.72. The molecule has 1 saturated heterocycles. The maximum Gasteiger partial charge on any atom is 1.00 e. The second-order valence-corrected chi connectivity index (χ2v) is 1.95. The van der Waals surface area contributed by atoms with Gasteiger partial charge in [-0.2, -0.15) is 0 Å². The minimum Gasteiger partial charge on any atom is -0.787 e. The zero-order chi connectivity index (χ0) is 3.70. The molecule has 0 atom stereocenters. The molecule has 1 nitrogen and oxygen atoms in total. The molecule has 1 aliphatic heterocycles. The van der Waals surface area contributed by atoms with Crippen LogP contribution in [0.15, 0.2) is 0 Å². The Kier molecular flexibility index (Phi) is 4.06. The van der Waals surface area contributed by atoms with Crippen LogP contribution >= 0.6 is 0 Å². The van der Waals surface area contributed by atoms with Gasteiger partial charge in [0.2, 0.25) is 0 Å². The van der Waals surface area contributed by atoms with Crippen LogP contribution in [0.25, 0.3) is 0 Å². The molecule has 0 spiro atoms. The van der Waals surface area contributed by atoms with Crippen molar-refractivity contribution < 1.29 is 29.6 Å². The van der Waals surface area contributed by atoms with Crippen molar-refractivity contribution >= 4 is 12.6 Å². The molecule has 0 aromatic rings. The summed E-state index contributed by atoms with van der Waals surface area (Å²) in [6.07, 6.45) is 0. The first-order valence-corrected chi connectivity index (χ1v) is 2.23. The van der Waals surface area contributed by atoms with Gasteiger partial charge in [-0.05, 0) is 13.1 Å². The third-order valence-electron chi connectivity index (χ3n) is 0.744. The monoisotopic (exact) mass is 111 g/mol. The molecule has 0 aromatic heterocycles. The molecule has 0 aliphatic carbocycles. The minimum absolute atomic E-state index is 0. The van der Waals surface area contributed by atoms with Gasteiger partial charge in [-0.3, -0.25) is 0 Å². The van der Waals surface area contributed by atoms with E-state index in [9.17, 15) is 0 Å². The molecule has 1 N–H and O–H groups in total. The van der Waals surface area contributed by atoms with E-state index in [0.29, 0.717) is 5.25 Å². The summed E-state index contributed by atoms with van der Waals surface area (Å²) in [4.78, 5) is 0. The second-order valence-electron chi connectivity index (χ2n) is 1.28. The van der Waals surface area contributed by atoms with E-state index in [2.05, 4.69) is 5.32 Å². The van der Waals surface area contributed by atoms with Crippen LogP contribution in [-0.2, 0) is 12.6 Å². The van der Waals surface area contributed by atoms with Gasteiger partial charge in [0.1, 0.15) is 0 Å². The predicted molar refractivity (Wildman–Crippen MR) is 24.0 cm³/mol. The third kappa shape index (κ3) is 1.85. The summed E-state index contributed by atoms with van der Waals surface area (Å²) in [6.45, 7) is 2.10. The SMILES string of the molecule is [Na+].[S-]C1CNC1. The molecular formula is C3H6NNaS. The van der Waals surface area contributed by atoms with Gasteiger partial charge in [-0.25, -0.2) is 0 Å². The minimum atomic E-state index is 0. The fourth-order valence-electron chi connectivity index (χ4n) is 0.262. The Morgan fingerprint density at radius 2 is 1.83 bits per heavy atom. The molecule has 3 heteroatoms. The van der Waals surface area contributed by atoms with Crippen LogP contribution in [0.5, 0.6) is 0 Å². The van der Waals surface area contributed by atoms with Gasteiger partial charge in [0.05, 0.1) is 0 Å². The van der Waals surface area contributed by atoms with E-state index in [0.717, 1.165) is 13.1 Å². The van der Waals surface area contributed by atoms with E-state index in [-0.39, 0.29) is 29.6 Å². The molecule has 1 rings (SSSR count). The van der Waals surface area contributed by atoms with Crippen molar-refractivity contribution in [2.24, 2.45) is 0 Å². The van der Waals surface area contributed by atoms with Crippen LogP contribution in [0.3, 0.4) is 0 Å². The van der Waals surface area contributed by atoms with Crippen molar-refractivity contribution in [2.75, 3.05) is 13.1 Å². The Bertz CT molecular complexity index is 37.8. The normalized spacial score (nSPS) is 21.5. The van der Waals surface area contributed by atoms with E-state index < -0.39 is 0 Å². The van der Waals surface area contributed by atoms with Crippen molar-refractivity contribution in [1.82, 2.24) is 5.32 Å². The van der Waals surface area contributed by atoms with Crippen molar-refractivity contribution in [3.05, 3.63) is 0 Å². The van der Waals surface area contributed by atoms with Crippen LogP contribution in [0.2, 0.25) is 0 Å². The van der Waals surface area contributed by atoms with Gasteiger partial charge in [-0.15, -0.1) is 5.25 Å². The fourth-order valence-corrected chi connectivity index (χ4v) is 0.498. The first-order chi connectivity index (χ1) is 2.39. The Morgan fingerprint density at radius 1 is 1.50 bits per heavy atom. The number of hydrogen-bond donors (Lipinski definition) is 1. The van der Waals surface area contributed by atoms with E-state index in [1.54, 1.807) is 0 Å². The maximum absolute atomic E-state index is 4.80. The topological polar surface area (TPSA) is 12.0 Å². The predicted octanol–water partition coefficient (Wildman–Crippen LogP) is -3.49. The molecule has 0 amide bonds. The molecule has 1 heterocycles. The Balaban J connectivity index is 0.000000250. The van der Waals surface area contributed by atoms with Gasteiger partial charge in [0.25, 0.3) is 0 Å². The van der Waals surface area contributed by atoms with Crippen molar-refractivity contribution in [3.63, 3.8) is 0 Å². The van der Waals surface area contributed by atoms with Gasteiger partial charge >= 0.3 is 29.6 Å². The average Bonchev–Trinajstić information content (AvgIpc) is 1.30. The van der Waals surface area contributed by atoms with Crippen LogP contribution in [0.1, 0.15) is 0 Å². The van der Waals surface area contributed by atoms with E-state index >= 15 is 0 Å². The van der Waals surface area contributed by atoms with Crippen LogP contribution in [0.4, 0.5) is 0 Å². The summed E-state index contributed by atoms with van der Waals surface area (Å²) < 4.78 is 0. The quantitative estimate of drug-likeness (QED) is 0.257. The smallest absolute Gasteiger partial charge is 0.787 e. The van der Waals surface area contributed by atoms with Crippen molar-refractivity contribution in [1.29, 1.82) is 0 Å². The fraction of sp³-hybridized carbons (Fsp3) is 1.00. The molecule has 30 valence electrons. The standard InChI is InChI=1S/C3H7NS.Na/c5-3-1-4-2-3;/h3-5H,1-2H2;/q;+1/p-1. The molecular weight excluding hydrogens is 105 g/mol. The Hall–Kier alpha value is 1.31. The third-order valence-corrected chi connectivity index (χ3v) is 1.08. The Morgan fingerprint density at radius 3 is 1.83 bits per heavy atom. The summed E-state index contributed by atoms with van der Waals surface area (Å²) in [5.74, 6) is 0. The van der Waals surface area contributed by atoms with Gasteiger partial charge in [0.15, 0.2) is 0 Å². The summed E-state index contributed by atoms with van der Waals surface area (Å²) in [5, 5.41) is 3.59. The van der Waals surface area contributed by atoms with Crippen molar-refractivity contribution in [3.8, 4) is 0 Å². The second kappa shape index (κ2) is 3.33. The molecule has 0 bridgehead atoms. The summed E-state index contributed by atoms with van der Waals surface area (Å²) in [6, 6.07) is 0. The summed E-state index contributed by atoms with van der Waals surface area (Å²) >= 11 is 4.80. The summed E-state index contributed by atoms with van der Waals surface area (Å²) in [7, 11) is 0. The van der Waals surface area contributed by atoms with Crippen LogP contribution in [0, 0.1) is 0 Å². The zero-order valence-electron chi connectivity index (χ0n) is 3.90. The number of nitrogens with one attached hydrogen (secondary N) is 1. The molecule has 0 aromatic carbocycles. The molecule has 1 aliphatic rings. The molecule has 0 unspecified atom stereocenters. The van der Waals surface area contributed by atoms with Crippen LogP contribution < -0.4 is 34.9 Å². The molecule has 6 heavy (non-hydrogen) atoms. The van der Waals surface area contributed by atoms with Gasteiger partial charge < -0.3 is 17.9 Å². The molecule has 1 fully saturated rings. The number of rotatable bonds is 0. The Labute approximate surface area is 65.6 Å². The van der Waals surface area contributed by atoms with E-state index in [4.69, 9.17) is 12.6 Å². The van der Waals surface area contributed by atoms with E-state index in [1.165, 1.54) is 0 Å². The maximum atomic E-state index is 4.80. The summed E-state index contributed by atoms with van der Waals surface area (Å²) in [5.41, 5.74) is 0. The van der Waals surface area contributed by atoms with Gasteiger partial charge in [-0.1, -0.05) is 0 Å². The molecule has 0 radical (unpaired) electrons. The van der Waals surface area contributed by atoms with Crippen molar-refractivity contribution in [2.45, 2.75) is 5.25 Å². The first-order valence-electron chi connectivity index (χ1n) is 1.76. The first kappa shape index (κ1) is 7.31. The number of hydrogen-bond acceptors (Lipinski definition) is 2. The average molecular weight is 111 g/mol.